The summed E-state index contributed by atoms with van der Waals surface area (Å²) in [7, 11) is 0. The Morgan fingerprint density at radius 2 is 2.20 bits per heavy atom. The van der Waals surface area contributed by atoms with Crippen LogP contribution in [0.1, 0.15) is 5.56 Å². The van der Waals surface area contributed by atoms with E-state index in [4.69, 9.17) is 10.4 Å². The Kier molecular flexibility index (Phi) is 2.99. The zero-order valence-electron chi connectivity index (χ0n) is 7.25. The molecule has 0 aromatic carbocycles. The van der Waals surface area contributed by atoms with Gasteiger partial charge in [0.15, 0.2) is 0 Å². The Balaban J connectivity index is 3.02. The van der Waals surface area contributed by atoms with E-state index in [1.54, 1.807) is 6.07 Å². The van der Waals surface area contributed by atoms with Gasteiger partial charge in [0.25, 0.3) is 0 Å². The second kappa shape index (κ2) is 4.04. The van der Waals surface area contributed by atoms with Crippen LogP contribution in [0.15, 0.2) is 12.3 Å². The normalized spacial score (nSPS) is 10.8. The van der Waals surface area contributed by atoms with Crippen LogP contribution in [0.5, 0.6) is 11.6 Å². The molecule has 1 aromatic rings. The van der Waals surface area contributed by atoms with Gasteiger partial charge in [0, 0.05) is 5.56 Å². The lowest BCUT2D eigenvalue weighted by molar-refractivity contribution is -0.276. The summed E-state index contributed by atoms with van der Waals surface area (Å²) in [5.41, 5.74) is -0.116. The summed E-state index contributed by atoms with van der Waals surface area (Å²) in [6, 6.07) is 2.64. The number of hydrogen-bond donors (Lipinski definition) is 1. The number of aromatic hydroxyl groups is 1. The summed E-state index contributed by atoms with van der Waals surface area (Å²) < 4.78 is 39.1. The summed E-state index contributed by atoms with van der Waals surface area (Å²) in [6.45, 7) is 0. The summed E-state index contributed by atoms with van der Waals surface area (Å²) in [5.74, 6) is -1.04. The van der Waals surface area contributed by atoms with Gasteiger partial charge in [-0.2, -0.15) is 5.26 Å². The first kappa shape index (κ1) is 11.1. The van der Waals surface area contributed by atoms with E-state index in [1.165, 1.54) is 0 Å². The van der Waals surface area contributed by atoms with Crippen LogP contribution in [0, 0.1) is 11.3 Å². The van der Waals surface area contributed by atoms with Crippen LogP contribution >= 0.6 is 0 Å². The topological polar surface area (TPSA) is 66.1 Å². The largest absolute Gasteiger partial charge is 0.574 e. The smallest absolute Gasteiger partial charge is 0.506 e. The van der Waals surface area contributed by atoms with Crippen molar-refractivity contribution in [2.75, 3.05) is 0 Å². The summed E-state index contributed by atoms with van der Waals surface area (Å²) in [5, 5.41) is 17.3. The maximum atomic E-state index is 11.9. The molecule has 0 amide bonds. The first-order valence-corrected chi connectivity index (χ1v) is 3.73. The van der Waals surface area contributed by atoms with Crippen LogP contribution in [-0.4, -0.2) is 16.5 Å². The molecule has 0 aliphatic heterocycles. The molecule has 15 heavy (non-hydrogen) atoms. The van der Waals surface area contributed by atoms with E-state index in [-0.39, 0.29) is 17.7 Å². The van der Waals surface area contributed by atoms with Crippen molar-refractivity contribution in [2.45, 2.75) is 12.8 Å². The number of nitrogens with zero attached hydrogens (tertiary/aromatic N) is 2. The molecule has 4 nitrogen and oxygen atoms in total. The third-order valence-corrected chi connectivity index (χ3v) is 1.39. The molecule has 0 aliphatic carbocycles. The molecule has 1 heterocycles. The number of hydrogen-bond acceptors (Lipinski definition) is 4. The highest BCUT2D eigenvalue weighted by Crippen LogP contribution is 2.26. The predicted octanol–water partition coefficient (Wildman–Crippen LogP) is 1.75. The molecule has 0 fully saturated rings. The van der Waals surface area contributed by atoms with E-state index in [0.29, 0.717) is 0 Å². The Hall–Kier alpha value is -1.97. The van der Waals surface area contributed by atoms with Gasteiger partial charge >= 0.3 is 6.36 Å². The molecule has 7 heteroatoms. The van der Waals surface area contributed by atoms with Crippen molar-refractivity contribution in [3.8, 4) is 17.7 Å². The van der Waals surface area contributed by atoms with E-state index in [9.17, 15) is 13.2 Å². The maximum Gasteiger partial charge on any atom is 0.574 e. The highest BCUT2D eigenvalue weighted by Gasteiger charge is 2.32. The number of ether oxygens (including phenoxy) is 1. The van der Waals surface area contributed by atoms with Crippen LogP contribution in [0.25, 0.3) is 0 Å². The van der Waals surface area contributed by atoms with Crippen molar-refractivity contribution in [2.24, 2.45) is 0 Å². The van der Waals surface area contributed by atoms with Gasteiger partial charge in [-0.05, 0) is 6.07 Å². The van der Waals surface area contributed by atoms with Crippen LogP contribution in [-0.2, 0) is 6.42 Å². The highest BCUT2D eigenvalue weighted by atomic mass is 19.4. The molecule has 1 rings (SSSR count). The molecule has 0 saturated heterocycles. The maximum absolute atomic E-state index is 11.9. The minimum absolute atomic E-state index is 0.116. The number of halogens is 3. The minimum atomic E-state index is -4.87. The lowest BCUT2D eigenvalue weighted by Crippen LogP contribution is -2.18. The molecule has 0 aliphatic rings. The quantitative estimate of drug-likeness (QED) is 0.821. The number of pyridine rings is 1. The SMILES string of the molecule is N#CCc1cc(O)cnc1OC(F)(F)F. The van der Waals surface area contributed by atoms with E-state index >= 15 is 0 Å². The molecule has 1 aromatic heterocycles. The second-order valence-corrected chi connectivity index (χ2v) is 2.54. The zero-order valence-corrected chi connectivity index (χ0v) is 7.25. The Labute approximate surface area is 82.5 Å². The van der Waals surface area contributed by atoms with Crippen LogP contribution in [0.2, 0.25) is 0 Å². The summed E-state index contributed by atoms with van der Waals surface area (Å²) >= 11 is 0. The summed E-state index contributed by atoms with van der Waals surface area (Å²) in [6.07, 6.45) is -4.39. The van der Waals surface area contributed by atoms with Crippen LogP contribution in [0.3, 0.4) is 0 Å². The fraction of sp³-hybridized carbons (Fsp3) is 0.250. The molecule has 0 spiro atoms. The van der Waals surface area contributed by atoms with Crippen molar-refractivity contribution in [1.29, 1.82) is 5.26 Å². The second-order valence-electron chi connectivity index (χ2n) is 2.54. The number of rotatable bonds is 2. The van der Waals surface area contributed by atoms with Gasteiger partial charge in [-0.1, -0.05) is 0 Å². The van der Waals surface area contributed by atoms with Crippen LogP contribution in [0.4, 0.5) is 13.2 Å². The minimum Gasteiger partial charge on any atom is -0.506 e. The first-order chi connectivity index (χ1) is 6.92. The number of aromatic nitrogens is 1. The van der Waals surface area contributed by atoms with E-state index in [2.05, 4.69) is 9.72 Å². The summed E-state index contributed by atoms with van der Waals surface area (Å²) in [4.78, 5) is 3.24. The first-order valence-electron chi connectivity index (χ1n) is 3.73. The molecular weight excluding hydrogens is 213 g/mol. The average Bonchev–Trinajstić information content (AvgIpc) is 2.08. The average molecular weight is 218 g/mol. The molecule has 80 valence electrons. The molecule has 0 radical (unpaired) electrons. The monoisotopic (exact) mass is 218 g/mol. The number of alkyl halides is 3. The Morgan fingerprint density at radius 1 is 1.53 bits per heavy atom. The van der Waals surface area contributed by atoms with Crippen LogP contribution < -0.4 is 4.74 Å². The third kappa shape index (κ3) is 3.34. The molecule has 0 saturated carbocycles. The third-order valence-electron chi connectivity index (χ3n) is 1.39. The zero-order chi connectivity index (χ0) is 11.5. The standard InChI is InChI=1S/C8H5F3N2O2/c9-8(10,11)15-7-5(1-2-12)3-6(14)4-13-7/h3-4,14H,1H2. The van der Waals surface area contributed by atoms with Gasteiger partial charge in [0.2, 0.25) is 5.88 Å². The van der Waals surface area contributed by atoms with Gasteiger partial charge in [-0.15, -0.1) is 13.2 Å². The van der Waals surface area contributed by atoms with Crippen molar-refractivity contribution < 1.29 is 23.0 Å². The molecule has 0 atom stereocenters. The van der Waals surface area contributed by atoms with E-state index < -0.39 is 12.2 Å². The predicted molar refractivity (Wildman–Crippen MR) is 41.9 cm³/mol. The van der Waals surface area contributed by atoms with E-state index in [0.717, 1.165) is 12.3 Å². The van der Waals surface area contributed by atoms with Gasteiger partial charge < -0.3 is 9.84 Å². The highest BCUT2D eigenvalue weighted by molar-refractivity contribution is 5.34. The van der Waals surface area contributed by atoms with Crippen molar-refractivity contribution in [1.82, 2.24) is 4.98 Å². The van der Waals surface area contributed by atoms with Gasteiger partial charge in [-0.25, -0.2) is 4.98 Å². The lowest BCUT2D eigenvalue weighted by Gasteiger charge is -2.10. The molecule has 1 N–H and O–H groups in total. The molecular formula is C8H5F3N2O2. The fourth-order valence-electron chi connectivity index (χ4n) is 0.899. The van der Waals surface area contributed by atoms with Gasteiger partial charge in [0.1, 0.15) is 5.75 Å². The number of nitriles is 1. The fourth-order valence-corrected chi connectivity index (χ4v) is 0.899. The Morgan fingerprint density at radius 3 is 2.73 bits per heavy atom. The van der Waals surface area contributed by atoms with Gasteiger partial charge in [-0.3, -0.25) is 0 Å². The van der Waals surface area contributed by atoms with Crippen molar-refractivity contribution in [3.63, 3.8) is 0 Å². The molecule has 0 unspecified atom stereocenters. The van der Waals surface area contributed by atoms with Crippen molar-refractivity contribution in [3.05, 3.63) is 17.8 Å². The molecule has 0 bridgehead atoms. The van der Waals surface area contributed by atoms with E-state index in [1.807, 2.05) is 0 Å². The lowest BCUT2D eigenvalue weighted by atomic mass is 10.2. The Bertz CT molecular complexity index is 398. The van der Waals surface area contributed by atoms with Crippen molar-refractivity contribution >= 4 is 0 Å². The van der Waals surface area contributed by atoms with Gasteiger partial charge in [0.05, 0.1) is 18.7 Å².